The van der Waals surface area contributed by atoms with E-state index in [0.29, 0.717) is 23.7 Å². The number of hydrogen-bond donors (Lipinski definition) is 0. The van der Waals surface area contributed by atoms with Crippen molar-refractivity contribution in [1.82, 2.24) is 4.31 Å². The van der Waals surface area contributed by atoms with Gasteiger partial charge in [-0.05, 0) is 11.9 Å². The highest BCUT2D eigenvalue weighted by atomic mass is 32.2. The van der Waals surface area contributed by atoms with Crippen LogP contribution in [-0.4, -0.2) is 33.4 Å². The lowest BCUT2D eigenvalue weighted by Crippen LogP contribution is -2.38. The molecular weight excluding hydrogens is 208 g/mol. The van der Waals surface area contributed by atoms with Crippen LogP contribution in [0.5, 0.6) is 0 Å². The summed E-state index contributed by atoms with van der Waals surface area (Å²) in [5.74, 6) is 0.906. The fraction of sp³-hybridized carbons (Fsp3) is 0.571. The van der Waals surface area contributed by atoms with Gasteiger partial charge in [-0.2, -0.15) is 5.26 Å². The first kappa shape index (κ1) is 10.4. The van der Waals surface area contributed by atoms with Crippen LogP contribution in [0.2, 0.25) is 0 Å². The average Bonchev–Trinajstić information content (AvgIpc) is 2.10. The molecule has 0 aromatic rings. The fourth-order valence-electron chi connectivity index (χ4n) is 0.809. The Morgan fingerprint density at radius 2 is 2.08 bits per heavy atom. The molecular formula is C7H8N2O2S2. The number of nitriles is 1. The Bertz CT molecular complexity index is 246. The van der Waals surface area contributed by atoms with E-state index in [-0.39, 0.29) is 11.8 Å². The molecule has 2 amide bonds. The molecule has 1 heterocycles. The van der Waals surface area contributed by atoms with Crippen molar-refractivity contribution >= 4 is 35.5 Å². The summed E-state index contributed by atoms with van der Waals surface area (Å²) in [6.45, 7) is 0. The molecule has 0 spiro atoms. The van der Waals surface area contributed by atoms with Crippen LogP contribution in [0.25, 0.3) is 0 Å². The average molecular weight is 216 g/mol. The predicted octanol–water partition coefficient (Wildman–Crippen LogP) is 0.650. The summed E-state index contributed by atoms with van der Waals surface area (Å²) in [4.78, 5) is 22.4. The Kier molecular flexibility index (Phi) is 4.12. The third-order valence-corrected chi connectivity index (χ3v) is 3.29. The van der Waals surface area contributed by atoms with Gasteiger partial charge in [0.15, 0.2) is 0 Å². The highest BCUT2D eigenvalue weighted by molar-refractivity contribution is 8.02. The zero-order valence-electron chi connectivity index (χ0n) is 6.86. The Balaban J connectivity index is 2.41. The van der Waals surface area contributed by atoms with E-state index in [1.165, 1.54) is 16.1 Å². The van der Waals surface area contributed by atoms with Crippen molar-refractivity contribution in [1.29, 1.82) is 5.26 Å². The number of imide groups is 1. The monoisotopic (exact) mass is 216 g/mol. The van der Waals surface area contributed by atoms with Gasteiger partial charge < -0.3 is 0 Å². The van der Waals surface area contributed by atoms with Gasteiger partial charge in [0.25, 0.3) is 0 Å². The molecule has 6 heteroatoms. The number of nitrogens with zero attached hydrogens (tertiary/aromatic N) is 2. The minimum Gasteiger partial charge on any atom is -0.273 e. The first-order chi connectivity index (χ1) is 6.25. The van der Waals surface area contributed by atoms with Crippen LogP contribution in [0.4, 0.5) is 0 Å². The first-order valence-corrected chi connectivity index (χ1v) is 5.79. The van der Waals surface area contributed by atoms with Crippen LogP contribution in [-0.2, 0) is 9.59 Å². The standard InChI is InChI=1S/C7H8N2O2S2/c8-2-1-3-13-9-6(10)4-12-5-7(9)11/h1,3-5H2. The second-order valence-electron chi connectivity index (χ2n) is 2.32. The zero-order chi connectivity index (χ0) is 9.68. The SMILES string of the molecule is N#CCCSN1C(=O)CSCC1=O. The van der Waals surface area contributed by atoms with Crippen molar-refractivity contribution in [2.75, 3.05) is 17.3 Å². The Morgan fingerprint density at radius 1 is 1.46 bits per heavy atom. The van der Waals surface area contributed by atoms with Crippen molar-refractivity contribution in [3.8, 4) is 6.07 Å². The highest BCUT2D eigenvalue weighted by Crippen LogP contribution is 2.20. The molecule has 4 nitrogen and oxygen atoms in total. The number of carbonyl (C=O) groups is 2. The maximum absolute atomic E-state index is 11.2. The predicted molar refractivity (Wildman–Crippen MR) is 51.9 cm³/mol. The quantitative estimate of drug-likeness (QED) is 0.394. The molecule has 1 saturated heterocycles. The Hall–Kier alpha value is -0.670. The summed E-state index contributed by atoms with van der Waals surface area (Å²) < 4.78 is 1.17. The molecule has 70 valence electrons. The van der Waals surface area contributed by atoms with Crippen LogP contribution >= 0.6 is 23.7 Å². The molecule has 0 saturated carbocycles. The van der Waals surface area contributed by atoms with E-state index in [0.717, 1.165) is 11.9 Å². The minimum absolute atomic E-state index is 0.163. The fourth-order valence-corrected chi connectivity index (χ4v) is 2.46. The molecule has 0 aromatic heterocycles. The minimum atomic E-state index is -0.163. The summed E-state index contributed by atoms with van der Waals surface area (Å²) in [6.07, 6.45) is 0.356. The summed E-state index contributed by atoms with van der Waals surface area (Å²) in [5, 5.41) is 8.27. The van der Waals surface area contributed by atoms with E-state index in [9.17, 15) is 9.59 Å². The second kappa shape index (κ2) is 5.14. The lowest BCUT2D eigenvalue weighted by molar-refractivity contribution is -0.135. The Labute approximate surface area is 84.8 Å². The molecule has 0 radical (unpaired) electrons. The van der Waals surface area contributed by atoms with Crippen molar-refractivity contribution in [3.63, 3.8) is 0 Å². The van der Waals surface area contributed by atoms with Gasteiger partial charge in [-0.3, -0.25) is 9.59 Å². The molecule has 0 bridgehead atoms. The molecule has 1 fully saturated rings. The van der Waals surface area contributed by atoms with Gasteiger partial charge in [0.2, 0.25) is 11.8 Å². The summed E-state index contributed by atoms with van der Waals surface area (Å²) >= 11 is 2.47. The van der Waals surface area contributed by atoms with E-state index in [1.807, 2.05) is 6.07 Å². The van der Waals surface area contributed by atoms with Gasteiger partial charge in [0.1, 0.15) is 0 Å². The molecule has 0 aliphatic carbocycles. The molecule has 0 atom stereocenters. The smallest absolute Gasteiger partial charge is 0.249 e. The van der Waals surface area contributed by atoms with Gasteiger partial charge in [-0.25, -0.2) is 4.31 Å². The second-order valence-corrected chi connectivity index (χ2v) is 4.33. The highest BCUT2D eigenvalue weighted by Gasteiger charge is 2.26. The van der Waals surface area contributed by atoms with Gasteiger partial charge in [0, 0.05) is 12.2 Å². The molecule has 1 aliphatic rings. The van der Waals surface area contributed by atoms with Crippen LogP contribution in [0.15, 0.2) is 0 Å². The molecule has 0 unspecified atom stereocenters. The van der Waals surface area contributed by atoms with Crippen molar-refractivity contribution in [2.24, 2.45) is 0 Å². The normalized spacial score (nSPS) is 17.3. The maximum Gasteiger partial charge on any atom is 0.249 e. The number of hydrogen-bond acceptors (Lipinski definition) is 5. The number of amides is 2. The number of rotatable bonds is 3. The van der Waals surface area contributed by atoms with E-state index >= 15 is 0 Å². The van der Waals surface area contributed by atoms with Crippen LogP contribution in [0.3, 0.4) is 0 Å². The summed E-state index contributed by atoms with van der Waals surface area (Å²) in [6, 6.07) is 1.96. The van der Waals surface area contributed by atoms with Gasteiger partial charge in [-0.1, -0.05) is 0 Å². The van der Waals surface area contributed by atoms with Crippen LogP contribution < -0.4 is 0 Å². The van der Waals surface area contributed by atoms with E-state index < -0.39 is 0 Å². The number of carbonyl (C=O) groups excluding carboxylic acids is 2. The van der Waals surface area contributed by atoms with Gasteiger partial charge >= 0.3 is 0 Å². The Morgan fingerprint density at radius 3 is 2.62 bits per heavy atom. The van der Waals surface area contributed by atoms with E-state index in [1.54, 1.807) is 0 Å². The zero-order valence-corrected chi connectivity index (χ0v) is 8.49. The molecule has 0 aromatic carbocycles. The first-order valence-electron chi connectivity index (χ1n) is 3.69. The van der Waals surface area contributed by atoms with Crippen molar-refractivity contribution < 1.29 is 9.59 Å². The van der Waals surface area contributed by atoms with E-state index in [4.69, 9.17) is 5.26 Å². The lowest BCUT2D eigenvalue weighted by Gasteiger charge is -2.22. The largest absolute Gasteiger partial charge is 0.273 e. The molecule has 0 N–H and O–H groups in total. The van der Waals surface area contributed by atoms with Gasteiger partial charge in [-0.15, -0.1) is 11.8 Å². The third kappa shape index (κ3) is 2.94. The van der Waals surface area contributed by atoms with Gasteiger partial charge in [0.05, 0.1) is 17.6 Å². The third-order valence-electron chi connectivity index (χ3n) is 1.34. The molecule has 13 heavy (non-hydrogen) atoms. The maximum atomic E-state index is 11.2. The summed E-state index contributed by atoms with van der Waals surface area (Å²) in [7, 11) is 0. The number of thioether (sulfide) groups is 1. The van der Waals surface area contributed by atoms with Crippen molar-refractivity contribution in [3.05, 3.63) is 0 Å². The summed E-state index contributed by atoms with van der Waals surface area (Å²) in [5.41, 5.74) is 0. The molecule has 1 aliphatic heterocycles. The molecule has 1 rings (SSSR count). The van der Waals surface area contributed by atoms with Crippen LogP contribution in [0, 0.1) is 11.3 Å². The topological polar surface area (TPSA) is 61.2 Å². The lowest BCUT2D eigenvalue weighted by atomic mass is 10.6. The van der Waals surface area contributed by atoms with Crippen LogP contribution in [0.1, 0.15) is 6.42 Å². The van der Waals surface area contributed by atoms with E-state index in [2.05, 4.69) is 0 Å². The van der Waals surface area contributed by atoms with Crippen molar-refractivity contribution in [2.45, 2.75) is 6.42 Å².